The first-order valence-corrected chi connectivity index (χ1v) is 5.52. The normalized spacial score (nSPS) is 10.7. The number of carboxylic acid groups (broad SMARTS) is 1. The number of aromatic carboxylic acids is 1. The molecule has 2 N–H and O–H groups in total. The van der Waals surface area contributed by atoms with Gasteiger partial charge in [-0.15, -0.1) is 5.10 Å². The van der Waals surface area contributed by atoms with Crippen molar-refractivity contribution in [1.82, 2.24) is 14.6 Å². The van der Waals surface area contributed by atoms with E-state index < -0.39 is 5.97 Å². The standard InChI is InChI=1S/C13H9N3O3/c17-10-3-1-2-8(6-10)12-14-11-7-9(13(18)19)4-5-16(11)15-12/h1-7,17H,(H,18,19). The molecule has 2 aromatic heterocycles. The Labute approximate surface area is 107 Å². The molecule has 0 aliphatic carbocycles. The molecule has 6 nitrogen and oxygen atoms in total. The highest BCUT2D eigenvalue weighted by Crippen LogP contribution is 2.20. The van der Waals surface area contributed by atoms with Crippen LogP contribution in [0, 0.1) is 0 Å². The number of carbonyl (C=O) groups is 1. The minimum atomic E-state index is -1.01. The predicted molar refractivity (Wildman–Crippen MR) is 67.0 cm³/mol. The fraction of sp³-hybridized carbons (Fsp3) is 0. The van der Waals surface area contributed by atoms with Gasteiger partial charge in [-0.2, -0.15) is 0 Å². The van der Waals surface area contributed by atoms with Crippen molar-refractivity contribution in [3.63, 3.8) is 0 Å². The van der Waals surface area contributed by atoms with Gasteiger partial charge in [-0.05, 0) is 24.3 Å². The second-order valence-corrected chi connectivity index (χ2v) is 4.01. The number of phenolic OH excluding ortho intramolecular Hbond substituents is 1. The Hall–Kier alpha value is -2.89. The Kier molecular flexibility index (Phi) is 2.42. The second-order valence-electron chi connectivity index (χ2n) is 4.01. The summed E-state index contributed by atoms with van der Waals surface area (Å²) in [6, 6.07) is 9.47. The van der Waals surface area contributed by atoms with Crippen molar-refractivity contribution < 1.29 is 15.0 Å². The van der Waals surface area contributed by atoms with Crippen LogP contribution in [0.1, 0.15) is 10.4 Å². The van der Waals surface area contributed by atoms with E-state index in [1.807, 2.05) is 0 Å². The van der Waals surface area contributed by atoms with Gasteiger partial charge in [-0.3, -0.25) is 0 Å². The molecule has 0 amide bonds. The maximum atomic E-state index is 10.9. The molecule has 2 heterocycles. The van der Waals surface area contributed by atoms with Crippen LogP contribution in [0.4, 0.5) is 0 Å². The largest absolute Gasteiger partial charge is 0.508 e. The van der Waals surface area contributed by atoms with Crippen LogP contribution in [-0.2, 0) is 0 Å². The maximum absolute atomic E-state index is 10.9. The molecular weight excluding hydrogens is 246 g/mol. The fourth-order valence-corrected chi connectivity index (χ4v) is 1.78. The van der Waals surface area contributed by atoms with Crippen LogP contribution < -0.4 is 0 Å². The third-order valence-corrected chi connectivity index (χ3v) is 2.69. The molecule has 0 unspecified atom stereocenters. The Balaban J connectivity index is 2.14. The molecule has 0 fully saturated rings. The van der Waals surface area contributed by atoms with Crippen LogP contribution in [-0.4, -0.2) is 30.8 Å². The van der Waals surface area contributed by atoms with Crippen molar-refractivity contribution in [2.24, 2.45) is 0 Å². The summed E-state index contributed by atoms with van der Waals surface area (Å²) in [5.41, 5.74) is 1.26. The number of rotatable bonds is 2. The Morgan fingerprint density at radius 3 is 2.79 bits per heavy atom. The average Bonchev–Trinajstić information content (AvgIpc) is 2.81. The number of aromatic nitrogens is 3. The van der Waals surface area contributed by atoms with E-state index in [9.17, 15) is 9.90 Å². The second kappa shape index (κ2) is 4.09. The Bertz CT molecular complexity index is 780. The summed E-state index contributed by atoms with van der Waals surface area (Å²) >= 11 is 0. The van der Waals surface area contributed by atoms with E-state index in [0.29, 0.717) is 17.0 Å². The summed E-state index contributed by atoms with van der Waals surface area (Å²) in [6.45, 7) is 0. The van der Waals surface area contributed by atoms with Crippen molar-refractivity contribution in [2.45, 2.75) is 0 Å². The predicted octanol–water partition coefficient (Wildman–Crippen LogP) is 1.80. The SMILES string of the molecule is O=C(O)c1ccn2nc(-c3cccc(O)c3)nc2c1. The number of fused-ring (bicyclic) bond motifs is 1. The lowest BCUT2D eigenvalue weighted by atomic mass is 10.2. The minimum Gasteiger partial charge on any atom is -0.508 e. The lowest BCUT2D eigenvalue weighted by Gasteiger charge is -1.94. The van der Waals surface area contributed by atoms with E-state index in [1.54, 1.807) is 24.3 Å². The van der Waals surface area contributed by atoms with Gasteiger partial charge in [-0.25, -0.2) is 14.3 Å². The lowest BCUT2D eigenvalue weighted by molar-refractivity contribution is 0.0697. The number of benzene rings is 1. The number of aromatic hydroxyl groups is 1. The molecule has 6 heteroatoms. The van der Waals surface area contributed by atoms with Gasteiger partial charge in [0.15, 0.2) is 11.5 Å². The monoisotopic (exact) mass is 255 g/mol. The maximum Gasteiger partial charge on any atom is 0.335 e. The molecule has 0 saturated carbocycles. The molecule has 19 heavy (non-hydrogen) atoms. The topological polar surface area (TPSA) is 87.7 Å². The van der Waals surface area contributed by atoms with Crippen LogP contribution in [0.5, 0.6) is 5.75 Å². The molecule has 0 aliphatic rings. The molecule has 0 saturated heterocycles. The van der Waals surface area contributed by atoms with Gasteiger partial charge < -0.3 is 10.2 Å². The van der Waals surface area contributed by atoms with Crippen LogP contribution in [0.25, 0.3) is 17.0 Å². The van der Waals surface area contributed by atoms with E-state index >= 15 is 0 Å². The van der Waals surface area contributed by atoms with Crippen molar-refractivity contribution in [2.75, 3.05) is 0 Å². The van der Waals surface area contributed by atoms with Gasteiger partial charge in [-0.1, -0.05) is 12.1 Å². The third kappa shape index (κ3) is 1.99. The van der Waals surface area contributed by atoms with Gasteiger partial charge in [0, 0.05) is 11.8 Å². The summed E-state index contributed by atoms with van der Waals surface area (Å²) < 4.78 is 1.49. The van der Waals surface area contributed by atoms with E-state index in [0.717, 1.165) is 0 Å². The fourth-order valence-electron chi connectivity index (χ4n) is 1.78. The van der Waals surface area contributed by atoms with Crippen LogP contribution in [0.3, 0.4) is 0 Å². The highest BCUT2D eigenvalue weighted by molar-refractivity contribution is 5.88. The molecule has 3 aromatic rings. The first-order chi connectivity index (χ1) is 9.13. The van der Waals surface area contributed by atoms with Crippen LogP contribution in [0.15, 0.2) is 42.6 Å². The van der Waals surface area contributed by atoms with E-state index in [4.69, 9.17) is 5.11 Å². The summed E-state index contributed by atoms with van der Waals surface area (Å²) in [6.07, 6.45) is 1.54. The molecular formula is C13H9N3O3. The van der Waals surface area contributed by atoms with Gasteiger partial charge in [0.05, 0.1) is 5.56 Å². The van der Waals surface area contributed by atoms with E-state index in [-0.39, 0.29) is 11.3 Å². The number of phenols is 1. The highest BCUT2D eigenvalue weighted by Gasteiger charge is 2.09. The quantitative estimate of drug-likeness (QED) is 0.729. The molecule has 0 spiro atoms. The highest BCUT2D eigenvalue weighted by atomic mass is 16.4. The van der Waals surface area contributed by atoms with Gasteiger partial charge >= 0.3 is 5.97 Å². The van der Waals surface area contributed by atoms with Crippen LogP contribution in [0.2, 0.25) is 0 Å². The summed E-state index contributed by atoms with van der Waals surface area (Å²) in [7, 11) is 0. The van der Waals surface area contributed by atoms with Crippen molar-refractivity contribution >= 4 is 11.6 Å². The molecule has 94 valence electrons. The number of hydrogen-bond donors (Lipinski definition) is 2. The third-order valence-electron chi connectivity index (χ3n) is 2.69. The number of hydrogen-bond acceptors (Lipinski definition) is 4. The lowest BCUT2D eigenvalue weighted by Crippen LogP contribution is -1.97. The van der Waals surface area contributed by atoms with Gasteiger partial charge in [0.25, 0.3) is 0 Å². The number of nitrogens with zero attached hydrogens (tertiary/aromatic N) is 3. The smallest absolute Gasteiger partial charge is 0.335 e. The van der Waals surface area contributed by atoms with Crippen LogP contribution >= 0.6 is 0 Å². The van der Waals surface area contributed by atoms with Crippen molar-refractivity contribution in [1.29, 1.82) is 0 Å². The number of pyridine rings is 1. The molecule has 3 rings (SSSR count). The Morgan fingerprint density at radius 2 is 2.05 bits per heavy atom. The summed E-state index contributed by atoms with van der Waals surface area (Å²) in [4.78, 5) is 15.1. The summed E-state index contributed by atoms with van der Waals surface area (Å²) in [5.74, 6) is -0.453. The molecule has 0 bridgehead atoms. The zero-order chi connectivity index (χ0) is 13.4. The Morgan fingerprint density at radius 1 is 1.21 bits per heavy atom. The zero-order valence-corrected chi connectivity index (χ0v) is 9.69. The average molecular weight is 255 g/mol. The van der Waals surface area contributed by atoms with Crippen molar-refractivity contribution in [3.05, 3.63) is 48.2 Å². The van der Waals surface area contributed by atoms with Gasteiger partial charge in [0.1, 0.15) is 5.75 Å². The van der Waals surface area contributed by atoms with E-state index in [1.165, 1.54) is 22.8 Å². The minimum absolute atomic E-state index is 0.127. The first-order valence-electron chi connectivity index (χ1n) is 5.52. The van der Waals surface area contributed by atoms with E-state index in [2.05, 4.69) is 10.1 Å². The first kappa shape index (κ1) is 11.2. The number of carboxylic acids is 1. The molecule has 0 radical (unpaired) electrons. The molecule has 1 aromatic carbocycles. The molecule has 0 aliphatic heterocycles. The van der Waals surface area contributed by atoms with Crippen molar-refractivity contribution in [3.8, 4) is 17.1 Å². The molecule has 0 atom stereocenters. The summed E-state index contributed by atoms with van der Waals surface area (Å²) in [5, 5.41) is 22.6. The zero-order valence-electron chi connectivity index (χ0n) is 9.69. The van der Waals surface area contributed by atoms with Gasteiger partial charge in [0.2, 0.25) is 0 Å².